The van der Waals surface area contributed by atoms with E-state index in [1.165, 1.54) is 0 Å². The summed E-state index contributed by atoms with van der Waals surface area (Å²) < 4.78 is 7.42. The first kappa shape index (κ1) is 17.0. The zero-order chi connectivity index (χ0) is 17.6. The van der Waals surface area contributed by atoms with Crippen molar-refractivity contribution < 1.29 is 9.53 Å². The van der Waals surface area contributed by atoms with Crippen molar-refractivity contribution in [3.8, 4) is 11.4 Å². The quantitative estimate of drug-likeness (QED) is 0.737. The van der Waals surface area contributed by atoms with Crippen molar-refractivity contribution in [3.63, 3.8) is 0 Å². The van der Waals surface area contributed by atoms with Gasteiger partial charge in [-0.25, -0.2) is 0 Å². The van der Waals surface area contributed by atoms with Gasteiger partial charge in [-0.15, -0.1) is 10.2 Å². The van der Waals surface area contributed by atoms with Crippen LogP contribution in [0, 0.1) is 0 Å². The Bertz CT molecular complexity index is 851. The second-order valence-electron chi connectivity index (χ2n) is 5.36. The molecule has 0 aliphatic rings. The molecule has 3 aromatic rings. The van der Waals surface area contributed by atoms with E-state index in [0.717, 1.165) is 5.69 Å². The fraction of sp³-hybridized carbons (Fsp3) is 0.167. The molecule has 0 aliphatic heterocycles. The molecule has 2 aromatic carbocycles. The molecule has 25 heavy (non-hydrogen) atoms. The van der Waals surface area contributed by atoms with Crippen LogP contribution in [-0.2, 0) is 11.3 Å². The highest BCUT2D eigenvalue weighted by Crippen LogP contribution is 2.24. The Morgan fingerprint density at radius 3 is 2.68 bits per heavy atom. The maximum Gasteiger partial charge on any atom is 0.261 e. The molecule has 1 atom stereocenters. The molecular weight excluding hydrogens is 340 g/mol. The number of halogens is 1. The van der Waals surface area contributed by atoms with Crippen molar-refractivity contribution in [2.45, 2.75) is 19.6 Å². The third-order valence-corrected chi connectivity index (χ3v) is 3.90. The van der Waals surface area contributed by atoms with Gasteiger partial charge in [0.2, 0.25) is 0 Å². The molecule has 0 fully saturated rings. The van der Waals surface area contributed by atoms with Crippen LogP contribution in [-0.4, -0.2) is 26.8 Å². The van der Waals surface area contributed by atoms with Crippen LogP contribution < -0.4 is 10.1 Å². The van der Waals surface area contributed by atoms with E-state index >= 15 is 0 Å². The molecule has 0 aliphatic carbocycles. The number of para-hydroxylation sites is 2. The minimum absolute atomic E-state index is 0.240. The van der Waals surface area contributed by atoms with Gasteiger partial charge in [-0.2, -0.15) is 0 Å². The summed E-state index contributed by atoms with van der Waals surface area (Å²) in [5, 5.41) is 11.2. The average molecular weight is 357 g/mol. The van der Waals surface area contributed by atoms with Crippen LogP contribution in [0.4, 0.5) is 0 Å². The van der Waals surface area contributed by atoms with Crippen molar-refractivity contribution in [2.75, 3.05) is 0 Å². The van der Waals surface area contributed by atoms with Gasteiger partial charge in [-0.1, -0.05) is 41.9 Å². The Morgan fingerprint density at radius 1 is 1.20 bits per heavy atom. The van der Waals surface area contributed by atoms with Crippen LogP contribution >= 0.6 is 11.6 Å². The Balaban J connectivity index is 1.61. The molecule has 0 saturated heterocycles. The van der Waals surface area contributed by atoms with Gasteiger partial charge in [0.15, 0.2) is 11.9 Å². The summed E-state index contributed by atoms with van der Waals surface area (Å²) in [6.07, 6.45) is 0.925. The van der Waals surface area contributed by atoms with Crippen LogP contribution in [0.2, 0.25) is 5.02 Å². The Hall–Kier alpha value is -2.86. The number of hydrogen-bond acceptors (Lipinski definition) is 4. The Kier molecular flexibility index (Phi) is 5.30. The van der Waals surface area contributed by atoms with E-state index in [0.29, 0.717) is 16.6 Å². The van der Waals surface area contributed by atoms with E-state index in [4.69, 9.17) is 16.3 Å². The number of amides is 1. The topological polar surface area (TPSA) is 69.0 Å². The number of hydrogen-bond donors (Lipinski definition) is 1. The van der Waals surface area contributed by atoms with E-state index in [1.54, 1.807) is 37.5 Å². The number of carbonyl (C=O) groups excluding carboxylic acids is 1. The molecule has 0 radical (unpaired) electrons. The maximum absolute atomic E-state index is 12.3. The van der Waals surface area contributed by atoms with Crippen LogP contribution in [0.3, 0.4) is 0 Å². The second kappa shape index (κ2) is 7.81. The highest BCUT2D eigenvalue weighted by molar-refractivity contribution is 6.32. The van der Waals surface area contributed by atoms with Gasteiger partial charge < -0.3 is 10.1 Å². The van der Waals surface area contributed by atoms with Gasteiger partial charge in [0.1, 0.15) is 12.1 Å². The van der Waals surface area contributed by atoms with Gasteiger partial charge in [0.05, 0.1) is 11.6 Å². The summed E-state index contributed by atoms with van der Waals surface area (Å²) >= 11 is 6.04. The molecule has 1 heterocycles. The van der Waals surface area contributed by atoms with Crippen LogP contribution in [0.5, 0.6) is 5.75 Å². The first-order valence-corrected chi connectivity index (χ1v) is 8.16. The summed E-state index contributed by atoms with van der Waals surface area (Å²) in [6.45, 7) is 1.91. The lowest BCUT2D eigenvalue weighted by molar-refractivity contribution is -0.127. The van der Waals surface area contributed by atoms with Crippen molar-refractivity contribution >= 4 is 17.5 Å². The van der Waals surface area contributed by atoms with Crippen molar-refractivity contribution in [1.29, 1.82) is 0 Å². The summed E-state index contributed by atoms with van der Waals surface area (Å²) in [6, 6.07) is 16.7. The van der Waals surface area contributed by atoms with E-state index in [1.807, 2.05) is 34.9 Å². The standard InChI is InChI=1S/C18H17ClN4O2/c1-13(25-16-10-6-5-9-15(16)19)18(24)20-11-17-22-21-12-23(17)14-7-3-2-4-8-14/h2-10,12-13H,11H2,1H3,(H,20,24)/t13-/m0/s1. The van der Waals surface area contributed by atoms with E-state index in [-0.39, 0.29) is 12.5 Å². The Morgan fingerprint density at radius 2 is 1.92 bits per heavy atom. The van der Waals surface area contributed by atoms with Crippen molar-refractivity contribution in [3.05, 3.63) is 71.8 Å². The third kappa shape index (κ3) is 4.16. The van der Waals surface area contributed by atoms with Gasteiger partial charge in [-0.3, -0.25) is 9.36 Å². The SMILES string of the molecule is C[C@H](Oc1ccccc1Cl)C(=O)NCc1nncn1-c1ccccc1. The van der Waals surface area contributed by atoms with Crippen molar-refractivity contribution in [2.24, 2.45) is 0 Å². The molecule has 3 rings (SSSR count). The van der Waals surface area contributed by atoms with Gasteiger partial charge in [0, 0.05) is 5.69 Å². The minimum Gasteiger partial charge on any atom is -0.479 e. The van der Waals surface area contributed by atoms with E-state index in [9.17, 15) is 4.79 Å². The Labute approximate surface area is 150 Å². The second-order valence-corrected chi connectivity index (χ2v) is 5.77. The maximum atomic E-state index is 12.3. The highest BCUT2D eigenvalue weighted by atomic mass is 35.5. The predicted octanol–water partition coefficient (Wildman–Crippen LogP) is 3.00. The number of ether oxygens (including phenoxy) is 1. The molecule has 7 heteroatoms. The predicted molar refractivity (Wildman–Crippen MR) is 94.7 cm³/mol. The minimum atomic E-state index is -0.687. The fourth-order valence-corrected chi connectivity index (χ4v) is 2.46. The molecule has 0 unspecified atom stereocenters. The molecule has 0 bridgehead atoms. The summed E-state index contributed by atoms with van der Waals surface area (Å²) in [7, 11) is 0. The molecule has 0 saturated carbocycles. The number of carbonyl (C=O) groups is 1. The van der Waals surface area contributed by atoms with Gasteiger partial charge in [-0.05, 0) is 31.2 Å². The highest BCUT2D eigenvalue weighted by Gasteiger charge is 2.17. The zero-order valence-corrected chi connectivity index (χ0v) is 14.3. The van der Waals surface area contributed by atoms with Crippen LogP contribution in [0.25, 0.3) is 5.69 Å². The summed E-state index contributed by atoms with van der Waals surface area (Å²) in [5.41, 5.74) is 0.928. The fourth-order valence-electron chi connectivity index (χ4n) is 2.28. The normalized spacial score (nSPS) is 11.8. The first-order valence-electron chi connectivity index (χ1n) is 7.78. The molecule has 1 N–H and O–H groups in total. The molecular formula is C18H17ClN4O2. The molecule has 1 aromatic heterocycles. The number of nitrogens with one attached hydrogen (secondary N) is 1. The van der Waals surface area contributed by atoms with Crippen molar-refractivity contribution in [1.82, 2.24) is 20.1 Å². The average Bonchev–Trinajstić information content (AvgIpc) is 3.11. The van der Waals surface area contributed by atoms with Crippen LogP contribution in [0.15, 0.2) is 60.9 Å². The first-order chi connectivity index (χ1) is 12.1. The monoisotopic (exact) mass is 356 g/mol. The largest absolute Gasteiger partial charge is 0.479 e. The molecule has 6 nitrogen and oxygen atoms in total. The number of rotatable bonds is 6. The molecule has 1 amide bonds. The molecule has 0 spiro atoms. The van der Waals surface area contributed by atoms with Crippen LogP contribution in [0.1, 0.15) is 12.7 Å². The van der Waals surface area contributed by atoms with Gasteiger partial charge >= 0.3 is 0 Å². The number of aromatic nitrogens is 3. The molecule has 128 valence electrons. The smallest absolute Gasteiger partial charge is 0.261 e. The number of nitrogens with zero attached hydrogens (tertiary/aromatic N) is 3. The lowest BCUT2D eigenvalue weighted by Gasteiger charge is -2.15. The van der Waals surface area contributed by atoms with Gasteiger partial charge in [0.25, 0.3) is 5.91 Å². The number of benzene rings is 2. The summed E-state index contributed by atoms with van der Waals surface area (Å²) in [4.78, 5) is 12.3. The lowest BCUT2D eigenvalue weighted by atomic mass is 10.3. The summed E-state index contributed by atoms with van der Waals surface area (Å²) in [5.74, 6) is 0.839. The zero-order valence-electron chi connectivity index (χ0n) is 13.6. The third-order valence-electron chi connectivity index (χ3n) is 3.58. The lowest BCUT2D eigenvalue weighted by Crippen LogP contribution is -2.36. The van der Waals surface area contributed by atoms with E-state index < -0.39 is 6.10 Å². The van der Waals surface area contributed by atoms with E-state index in [2.05, 4.69) is 15.5 Å².